The van der Waals surface area contributed by atoms with Crippen molar-refractivity contribution in [3.8, 4) is 11.5 Å². The Kier molecular flexibility index (Phi) is 7.48. The molecule has 168 valence electrons. The van der Waals surface area contributed by atoms with Crippen molar-refractivity contribution in [2.75, 3.05) is 11.9 Å². The second-order valence-electron chi connectivity index (χ2n) is 7.35. The van der Waals surface area contributed by atoms with Crippen molar-refractivity contribution in [3.63, 3.8) is 0 Å². The van der Waals surface area contributed by atoms with Crippen LogP contribution in [0.2, 0.25) is 0 Å². The first kappa shape index (κ1) is 24.0. The number of hydrogen-bond acceptors (Lipinski definition) is 5. The molecule has 0 aliphatic carbocycles. The van der Waals surface area contributed by atoms with Crippen LogP contribution in [0, 0.1) is 12.8 Å². The molecule has 0 radical (unpaired) electrons. The molecule has 7 nitrogen and oxygen atoms in total. The molecule has 0 saturated carbocycles. The van der Waals surface area contributed by atoms with E-state index in [1.807, 2.05) is 0 Å². The lowest BCUT2D eigenvalue weighted by Crippen LogP contribution is -2.27. The fourth-order valence-corrected chi connectivity index (χ4v) is 2.60. The van der Waals surface area contributed by atoms with Gasteiger partial charge in [-0.1, -0.05) is 13.8 Å². The Morgan fingerprint density at radius 2 is 1.84 bits per heavy atom. The van der Waals surface area contributed by atoms with Crippen molar-refractivity contribution in [3.05, 3.63) is 47.2 Å². The van der Waals surface area contributed by atoms with E-state index in [9.17, 15) is 27.9 Å². The number of pyridine rings is 1. The van der Waals surface area contributed by atoms with Crippen molar-refractivity contribution in [2.24, 2.45) is 5.92 Å². The summed E-state index contributed by atoms with van der Waals surface area (Å²) in [4.78, 5) is 28.7. The Bertz CT molecular complexity index is 961. The van der Waals surface area contributed by atoms with E-state index in [-0.39, 0.29) is 23.1 Å². The molecule has 2 rings (SSSR count). The summed E-state index contributed by atoms with van der Waals surface area (Å²) >= 11 is 0. The topological polar surface area (TPSA) is 101 Å². The van der Waals surface area contributed by atoms with Gasteiger partial charge < -0.3 is 20.5 Å². The van der Waals surface area contributed by atoms with Gasteiger partial charge in [0.25, 0.3) is 5.91 Å². The number of carbonyl (C=O) groups excluding carboxylic acids is 2. The molecule has 1 aromatic carbocycles. The number of hydrogen-bond donors (Lipinski definition) is 3. The van der Waals surface area contributed by atoms with Crippen LogP contribution in [0.25, 0.3) is 0 Å². The van der Waals surface area contributed by atoms with Gasteiger partial charge in [-0.15, -0.1) is 0 Å². The summed E-state index contributed by atoms with van der Waals surface area (Å²) in [5.74, 6) is -1.43. The summed E-state index contributed by atoms with van der Waals surface area (Å²) in [5.41, 5.74) is 1.18. The second kappa shape index (κ2) is 9.67. The molecule has 1 aromatic heterocycles. The molecule has 1 heterocycles. The third-order valence-corrected chi connectivity index (χ3v) is 4.22. The molecule has 2 aromatic rings. The number of aromatic nitrogens is 1. The van der Waals surface area contributed by atoms with Gasteiger partial charge in [-0.05, 0) is 43.7 Å². The lowest BCUT2D eigenvalue weighted by molar-refractivity contribution is -0.153. The number of phenolic OH excluding ortho intramolecular Hbond substituents is 1. The minimum absolute atomic E-state index is 0.120. The van der Waals surface area contributed by atoms with Crippen LogP contribution < -0.4 is 15.4 Å². The summed E-state index contributed by atoms with van der Waals surface area (Å²) in [6.07, 6.45) is -4.52. The van der Waals surface area contributed by atoms with E-state index >= 15 is 0 Å². The zero-order chi connectivity index (χ0) is 23.3. The van der Waals surface area contributed by atoms with Gasteiger partial charge in [0.15, 0.2) is 6.61 Å². The summed E-state index contributed by atoms with van der Waals surface area (Å²) < 4.78 is 41.3. The van der Waals surface area contributed by atoms with E-state index in [1.165, 1.54) is 12.1 Å². The van der Waals surface area contributed by atoms with Gasteiger partial charge in [-0.25, -0.2) is 4.98 Å². The highest BCUT2D eigenvalue weighted by molar-refractivity contribution is 5.97. The van der Waals surface area contributed by atoms with Gasteiger partial charge in [0, 0.05) is 17.7 Å². The molecule has 1 unspecified atom stereocenters. The van der Waals surface area contributed by atoms with E-state index in [4.69, 9.17) is 0 Å². The minimum atomic E-state index is -4.52. The zero-order valence-corrected chi connectivity index (χ0v) is 17.5. The summed E-state index contributed by atoms with van der Waals surface area (Å²) in [6, 6.07) is 6.15. The number of phenols is 1. The number of carbonyl (C=O) groups is 2. The average Bonchev–Trinajstić information content (AvgIpc) is 2.65. The Morgan fingerprint density at radius 3 is 2.42 bits per heavy atom. The maximum Gasteiger partial charge on any atom is 0.422 e. The highest BCUT2D eigenvalue weighted by Gasteiger charge is 2.28. The van der Waals surface area contributed by atoms with E-state index < -0.39 is 30.5 Å². The van der Waals surface area contributed by atoms with E-state index in [0.717, 1.165) is 6.07 Å². The second-order valence-corrected chi connectivity index (χ2v) is 7.35. The number of rotatable bonds is 7. The van der Waals surface area contributed by atoms with Crippen LogP contribution in [0.15, 0.2) is 30.3 Å². The first-order valence-corrected chi connectivity index (χ1v) is 9.48. The van der Waals surface area contributed by atoms with Crippen LogP contribution in [0.1, 0.15) is 48.4 Å². The molecule has 3 N–H and O–H groups in total. The predicted molar refractivity (Wildman–Crippen MR) is 108 cm³/mol. The number of alkyl halides is 3. The van der Waals surface area contributed by atoms with Crippen LogP contribution >= 0.6 is 0 Å². The SMILES string of the molecule is Cc1cc(C(C)NC(=O)c2ccc(OCC(F)(F)F)cc2O)cc(NC(=O)C(C)C)n1. The van der Waals surface area contributed by atoms with E-state index in [0.29, 0.717) is 17.1 Å². The first-order valence-electron chi connectivity index (χ1n) is 9.48. The third-order valence-electron chi connectivity index (χ3n) is 4.22. The number of halogens is 3. The number of benzene rings is 1. The van der Waals surface area contributed by atoms with E-state index in [1.54, 1.807) is 39.8 Å². The number of nitrogens with one attached hydrogen (secondary N) is 2. The van der Waals surface area contributed by atoms with Crippen LogP contribution in [0.5, 0.6) is 11.5 Å². The van der Waals surface area contributed by atoms with Gasteiger partial charge in [-0.3, -0.25) is 9.59 Å². The molecule has 0 aliphatic heterocycles. The number of aromatic hydroxyl groups is 1. The molecule has 0 fully saturated rings. The van der Waals surface area contributed by atoms with Crippen molar-refractivity contribution in [1.29, 1.82) is 0 Å². The number of nitrogens with zero attached hydrogens (tertiary/aromatic N) is 1. The van der Waals surface area contributed by atoms with Gasteiger partial charge in [0.2, 0.25) is 5.91 Å². The number of amides is 2. The Balaban J connectivity index is 2.11. The fraction of sp³-hybridized carbons (Fsp3) is 0.381. The minimum Gasteiger partial charge on any atom is -0.507 e. The van der Waals surface area contributed by atoms with Crippen molar-refractivity contribution in [2.45, 2.75) is 39.9 Å². The highest BCUT2D eigenvalue weighted by Crippen LogP contribution is 2.26. The normalized spacial score (nSPS) is 12.4. The smallest absolute Gasteiger partial charge is 0.422 e. The van der Waals surface area contributed by atoms with E-state index in [2.05, 4.69) is 20.4 Å². The number of ether oxygens (including phenoxy) is 1. The average molecular weight is 439 g/mol. The Labute approximate surface area is 177 Å². The molecule has 1 atom stereocenters. The lowest BCUT2D eigenvalue weighted by Gasteiger charge is -2.17. The fourth-order valence-electron chi connectivity index (χ4n) is 2.60. The number of anilines is 1. The first-order chi connectivity index (χ1) is 14.4. The maximum absolute atomic E-state index is 12.5. The molecule has 31 heavy (non-hydrogen) atoms. The molecule has 0 bridgehead atoms. The van der Waals surface area contributed by atoms with Crippen LogP contribution in [0.3, 0.4) is 0 Å². The lowest BCUT2D eigenvalue weighted by atomic mass is 10.1. The van der Waals surface area contributed by atoms with Crippen molar-refractivity contribution < 1.29 is 32.6 Å². The highest BCUT2D eigenvalue weighted by atomic mass is 19.4. The zero-order valence-electron chi connectivity index (χ0n) is 17.5. The van der Waals surface area contributed by atoms with Gasteiger partial charge in [0.1, 0.15) is 17.3 Å². The van der Waals surface area contributed by atoms with Crippen LogP contribution in [0.4, 0.5) is 19.0 Å². The standard InChI is InChI=1S/C21H24F3N3O4/c1-11(2)19(29)27-18-8-14(7-12(3)25-18)13(4)26-20(30)16-6-5-15(9-17(16)28)31-10-21(22,23)24/h5-9,11,13,28H,10H2,1-4H3,(H,26,30)(H,25,27,29). The summed E-state index contributed by atoms with van der Waals surface area (Å²) in [5, 5.41) is 15.4. The number of aryl methyl sites for hydroxylation is 1. The monoisotopic (exact) mass is 439 g/mol. The van der Waals surface area contributed by atoms with Gasteiger partial charge in [-0.2, -0.15) is 13.2 Å². The quantitative estimate of drug-likeness (QED) is 0.603. The van der Waals surface area contributed by atoms with Gasteiger partial charge >= 0.3 is 6.18 Å². The Morgan fingerprint density at radius 1 is 1.16 bits per heavy atom. The maximum atomic E-state index is 12.5. The van der Waals surface area contributed by atoms with Crippen molar-refractivity contribution >= 4 is 17.6 Å². The molecule has 0 saturated heterocycles. The molecule has 10 heteroatoms. The molecular formula is C21H24F3N3O4. The predicted octanol–water partition coefficient (Wildman–Crippen LogP) is 4.12. The molecule has 0 aliphatic rings. The van der Waals surface area contributed by atoms with Gasteiger partial charge in [0.05, 0.1) is 11.6 Å². The Hall–Kier alpha value is -3.30. The molecule has 2 amide bonds. The third kappa shape index (κ3) is 7.16. The van der Waals surface area contributed by atoms with Crippen LogP contribution in [-0.4, -0.2) is 34.7 Å². The van der Waals surface area contributed by atoms with Crippen LogP contribution in [-0.2, 0) is 4.79 Å². The largest absolute Gasteiger partial charge is 0.507 e. The summed E-state index contributed by atoms with van der Waals surface area (Å²) in [7, 11) is 0. The molecular weight excluding hydrogens is 415 g/mol. The summed E-state index contributed by atoms with van der Waals surface area (Å²) in [6.45, 7) is 5.45. The molecule has 0 spiro atoms. The van der Waals surface area contributed by atoms with Crippen molar-refractivity contribution in [1.82, 2.24) is 10.3 Å².